The lowest BCUT2D eigenvalue weighted by Gasteiger charge is -2.25. The van der Waals surface area contributed by atoms with Crippen molar-refractivity contribution < 1.29 is 9.53 Å². The zero-order valence-corrected chi connectivity index (χ0v) is 16.0. The minimum atomic E-state index is -0.122. The fraction of sp³-hybridized carbons (Fsp3) is 0.609. The highest BCUT2D eigenvalue weighted by Crippen LogP contribution is 2.32. The van der Waals surface area contributed by atoms with Crippen molar-refractivity contribution in [2.45, 2.75) is 78.1 Å². The third-order valence-corrected chi connectivity index (χ3v) is 5.41. The molecule has 0 saturated heterocycles. The molecule has 25 heavy (non-hydrogen) atoms. The standard InChI is InChI=1S/C23H34O2/c1-3-4-5-7-10-20-14-16-21(17-15-20)19(2)13-18-23(24)25-22-11-8-6-9-12-22/h6,8-9,11-12,16,19-20H,3-5,7,10,13-15,17-18H2,1-2H3. The Hall–Kier alpha value is -1.57. The van der Waals surface area contributed by atoms with Gasteiger partial charge in [0.2, 0.25) is 0 Å². The average molecular weight is 343 g/mol. The first-order valence-corrected chi connectivity index (χ1v) is 10.1. The number of carbonyl (C=O) groups is 1. The van der Waals surface area contributed by atoms with Crippen LogP contribution in [-0.4, -0.2) is 5.97 Å². The Balaban J connectivity index is 1.66. The molecule has 2 nitrogen and oxygen atoms in total. The van der Waals surface area contributed by atoms with E-state index >= 15 is 0 Å². The second kappa shape index (κ2) is 11.1. The van der Waals surface area contributed by atoms with Crippen LogP contribution in [0, 0.1) is 11.8 Å². The zero-order valence-electron chi connectivity index (χ0n) is 16.0. The molecule has 0 bridgehead atoms. The highest BCUT2D eigenvalue weighted by atomic mass is 16.5. The Bertz CT molecular complexity index is 532. The van der Waals surface area contributed by atoms with Gasteiger partial charge in [-0.1, -0.05) is 75.8 Å². The average Bonchev–Trinajstić information content (AvgIpc) is 2.64. The largest absolute Gasteiger partial charge is 0.427 e. The van der Waals surface area contributed by atoms with E-state index in [0.29, 0.717) is 18.1 Å². The van der Waals surface area contributed by atoms with Gasteiger partial charge in [0.05, 0.1) is 0 Å². The van der Waals surface area contributed by atoms with Gasteiger partial charge >= 0.3 is 5.97 Å². The molecule has 0 amide bonds. The molecule has 138 valence electrons. The molecule has 2 unspecified atom stereocenters. The number of hydrogen-bond acceptors (Lipinski definition) is 2. The van der Waals surface area contributed by atoms with E-state index in [0.717, 1.165) is 12.3 Å². The lowest BCUT2D eigenvalue weighted by Crippen LogP contribution is -2.13. The van der Waals surface area contributed by atoms with E-state index in [2.05, 4.69) is 19.9 Å². The molecular weight excluding hydrogens is 308 g/mol. The van der Waals surface area contributed by atoms with Crippen molar-refractivity contribution >= 4 is 5.97 Å². The third kappa shape index (κ3) is 7.46. The molecule has 2 rings (SSSR count). The fourth-order valence-electron chi connectivity index (χ4n) is 3.67. The molecule has 0 heterocycles. The monoisotopic (exact) mass is 342 g/mol. The summed E-state index contributed by atoms with van der Waals surface area (Å²) in [4.78, 5) is 12.0. The lowest BCUT2D eigenvalue weighted by molar-refractivity contribution is -0.134. The second-order valence-electron chi connectivity index (χ2n) is 7.50. The number of para-hydroxylation sites is 1. The quantitative estimate of drug-likeness (QED) is 0.204. The summed E-state index contributed by atoms with van der Waals surface area (Å²) in [6, 6.07) is 9.34. The first-order valence-electron chi connectivity index (χ1n) is 10.1. The summed E-state index contributed by atoms with van der Waals surface area (Å²) in [6.45, 7) is 4.52. The number of carbonyl (C=O) groups excluding carboxylic acids is 1. The van der Waals surface area contributed by atoms with Gasteiger partial charge in [-0.25, -0.2) is 0 Å². The van der Waals surface area contributed by atoms with Gasteiger partial charge in [-0.2, -0.15) is 0 Å². The Labute approximate surface area is 153 Å². The van der Waals surface area contributed by atoms with Gasteiger partial charge < -0.3 is 4.74 Å². The van der Waals surface area contributed by atoms with Crippen molar-refractivity contribution in [1.82, 2.24) is 0 Å². The molecule has 0 aliphatic heterocycles. The summed E-state index contributed by atoms with van der Waals surface area (Å²) >= 11 is 0. The molecule has 0 spiro atoms. The summed E-state index contributed by atoms with van der Waals surface area (Å²) in [5, 5.41) is 0. The molecule has 1 aromatic rings. The van der Waals surface area contributed by atoms with Crippen LogP contribution in [0.4, 0.5) is 0 Å². The molecule has 1 aliphatic carbocycles. The number of ether oxygens (including phenoxy) is 1. The van der Waals surface area contributed by atoms with Crippen LogP contribution in [0.3, 0.4) is 0 Å². The van der Waals surface area contributed by atoms with E-state index in [9.17, 15) is 4.79 Å². The summed E-state index contributed by atoms with van der Waals surface area (Å²) in [5.74, 6) is 1.89. The van der Waals surface area contributed by atoms with E-state index < -0.39 is 0 Å². The predicted molar refractivity (Wildman–Crippen MR) is 105 cm³/mol. The van der Waals surface area contributed by atoms with Gasteiger partial charge in [-0.15, -0.1) is 0 Å². The zero-order chi connectivity index (χ0) is 17.9. The van der Waals surface area contributed by atoms with Crippen LogP contribution in [-0.2, 0) is 4.79 Å². The topological polar surface area (TPSA) is 26.3 Å². The second-order valence-corrected chi connectivity index (χ2v) is 7.50. The normalized spacial score (nSPS) is 18.5. The minimum Gasteiger partial charge on any atom is -0.427 e. The van der Waals surface area contributed by atoms with Crippen LogP contribution in [0.25, 0.3) is 0 Å². The molecule has 1 aromatic carbocycles. The van der Waals surface area contributed by atoms with Gasteiger partial charge in [-0.3, -0.25) is 4.79 Å². The van der Waals surface area contributed by atoms with Crippen LogP contribution < -0.4 is 4.74 Å². The third-order valence-electron chi connectivity index (χ3n) is 5.41. The number of esters is 1. The van der Waals surface area contributed by atoms with Crippen molar-refractivity contribution in [2.24, 2.45) is 11.8 Å². The molecule has 0 saturated carbocycles. The fourth-order valence-corrected chi connectivity index (χ4v) is 3.67. The van der Waals surface area contributed by atoms with E-state index in [-0.39, 0.29) is 5.97 Å². The Morgan fingerprint density at radius 3 is 2.68 bits per heavy atom. The summed E-state index contributed by atoms with van der Waals surface area (Å²) in [5.41, 5.74) is 1.55. The molecule has 0 N–H and O–H groups in total. The maximum atomic E-state index is 12.0. The SMILES string of the molecule is CCCCCCC1CC=C(C(C)CCC(=O)Oc2ccccc2)CC1. The first kappa shape index (κ1) is 19.8. The lowest BCUT2D eigenvalue weighted by atomic mass is 9.81. The molecule has 1 aliphatic rings. The van der Waals surface area contributed by atoms with Gasteiger partial charge in [0.1, 0.15) is 5.75 Å². The van der Waals surface area contributed by atoms with Crippen molar-refractivity contribution in [1.29, 1.82) is 0 Å². The number of rotatable bonds is 10. The van der Waals surface area contributed by atoms with Crippen molar-refractivity contribution in [2.75, 3.05) is 0 Å². The Kier molecular flexibility index (Phi) is 8.79. The van der Waals surface area contributed by atoms with Gasteiger partial charge in [0, 0.05) is 6.42 Å². The molecule has 0 fully saturated rings. The van der Waals surface area contributed by atoms with E-state index in [1.807, 2.05) is 30.3 Å². The van der Waals surface area contributed by atoms with E-state index in [1.165, 1.54) is 51.4 Å². The first-order chi connectivity index (χ1) is 12.2. The van der Waals surface area contributed by atoms with Gasteiger partial charge in [-0.05, 0) is 49.7 Å². The minimum absolute atomic E-state index is 0.122. The van der Waals surface area contributed by atoms with E-state index in [4.69, 9.17) is 4.74 Å². The highest BCUT2D eigenvalue weighted by Gasteiger charge is 2.18. The highest BCUT2D eigenvalue weighted by molar-refractivity contribution is 5.72. The maximum absolute atomic E-state index is 12.0. The summed E-state index contributed by atoms with van der Waals surface area (Å²) in [6.07, 6.45) is 14.5. The number of benzene rings is 1. The smallest absolute Gasteiger partial charge is 0.311 e. The number of unbranched alkanes of at least 4 members (excludes halogenated alkanes) is 3. The Morgan fingerprint density at radius 1 is 1.20 bits per heavy atom. The molecule has 0 aromatic heterocycles. The predicted octanol–water partition coefficient (Wildman–Crippen LogP) is 6.71. The van der Waals surface area contributed by atoms with E-state index in [1.54, 1.807) is 5.57 Å². The van der Waals surface area contributed by atoms with Crippen molar-refractivity contribution in [3.8, 4) is 5.75 Å². The molecule has 0 radical (unpaired) electrons. The van der Waals surface area contributed by atoms with Crippen molar-refractivity contribution in [3.63, 3.8) is 0 Å². The van der Waals surface area contributed by atoms with Crippen LogP contribution in [0.1, 0.15) is 78.1 Å². The number of hydrogen-bond donors (Lipinski definition) is 0. The van der Waals surface area contributed by atoms with Crippen LogP contribution in [0.5, 0.6) is 5.75 Å². The van der Waals surface area contributed by atoms with Gasteiger partial charge in [0.15, 0.2) is 0 Å². The van der Waals surface area contributed by atoms with Crippen LogP contribution >= 0.6 is 0 Å². The number of allylic oxidation sites excluding steroid dienone is 2. The summed E-state index contributed by atoms with van der Waals surface area (Å²) in [7, 11) is 0. The van der Waals surface area contributed by atoms with Crippen LogP contribution in [0.15, 0.2) is 42.0 Å². The summed E-state index contributed by atoms with van der Waals surface area (Å²) < 4.78 is 5.37. The Morgan fingerprint density at radius 2 is 2.00 bits per heavy atom. The molecule has 2 atom stereocenters. The van der Waals surface area contributed by atoms with Gasteiger partial charge in [0.25, 0.3) is 0 Å². The van der Waals surface area contributed by atoms with Crippen molar-refractivity contribution in [3.05, 3.63) is 42.0 Å². The maximum Gasteiger partial charge on any atom is 0.311 e. The van der Waals surface area contributed by atoms with Crippen LogP contribution in [0.2, 0.25) is 0 Å². The molecule has 2 heteroatoms. The molecular formula is C23H34O2.